The molecule has 0 atom stereocenters. The van der Waals surface area contributed by atoms with Crippen molar-refractivity contribution < 1.29 is 4.39 Å². The molecular formula is C17H16FN. The minimum Gasteiger partial charge on any atom is -0.359 e. The van der Waals surface area contributed by atoms with Gasteiger partial charge in [0.1, 0.15) is 5.82 Å². The van der Waals surface area contributed by atoms with Crippen molar-refractivity contribution in [2.45, 2.75) is 20.3 Å². The standard InChI is InChI=1S/C17H16FN/c1-10-5-4-6-15(18)16(10)13-7-11(2)17-14(9-13)8-12(3)19-17/h4-7,9,19H,3,8H2,1-2H3. The lowest BCUT2D eigenvalue weighted by atomic mass is 9.95. The van der Waals surface area contributed by atoms with E-state index in [1.54, 1.807) is 6.07 Å². The molecule has 3 rings (SSSR count). The summed E-state index contributed by atoms with van der Waals surface area (Å²) in [6.07, 6.45) is 0.817. The maximum atomic E-state index is 14.1. The Bertz CT molecular complexity index is 666. The van der Waals surface area contributed by atoms with Gasteiger partial charge in [-0.15, -0.1) is 0 Å². The van der Waals surface area contributed by atoms with Crippen molar-refractivity contribution >= 4 is 5.69 Å². The van der Waals surface area contributed by atoms with Gasteiger partial charge < -0.3 is 5.32 Å². The number of fused-ring (bicyclic) bond motifs is 1. The lowest BCUT2D eigenvalue weighted by Crippen LogP contribution is -1.93. The molecule has 2 aromatic carbocycles. The highest BCUT2D eigenvalue weighted by molar-refractivity contribution is 5.76. The Morgan fingerprint density at radius 3 is 2.68 bits per heavy atom. The fourth-order valence-corrected chi connectivity index (χ4v) is 2.77. The van der Waals surface area contributed by atoms with Gasteiger partial charge in [0.05, 0.1) is 0 Å². The molecule has 0 unspecified atom stereocenters. The van der Waals surface area contributed by atoms with Gasteiger partial charge in [0, 0.05) is 23.4 Å². The molecule has 1 aliphatic rings. The third-order valence-electron chi connectivity index (χ3n) is 3.63. The van der Waals surface area contributed by atoms with Gasteiger partial charge in [0.15, 0.2) is 0 Å². The van der Waals surface area contributed by atoms with E-state index in [9.17, 15) is 4.39 Å². The molecule has 2 aromatic rings. The first-order valence-corrected chi connectivity index (χ1v) is 6.40. The zero-order valence-corrected chi connectivity index (χ0v) is 11.2. The second kappa shape index (κ2) is 4.23. The highest BCUT2D eigenvalue weighted by Gasteiger charge is 2.18. The highest BCUT2D eigenvalue weighted by atomic mass is 19.1. The molecule has 19 heavy (non-hydrogen) atoms. The van der Waals surface area contributed by atoms with Crippen LogP contribution >= 0.6 is 0 Å². The van der Waals surface area contributed by atoms with E-state index in [4.69, 9.17) is 0 Å². The van der Waals surface area contributed by atoms with Gasteiger partial charge in [0.2, 0.25) is 0 Å². The molecule has 0 saturated heterocycles. The van der Waals surface area contributed by atoms with Crippen molar-refractivity contribution in [1.82, 2.24) is 0 Å². The van der Waals surface area contributed by atoms with Gasteiger partial charge >= 0.3 is 0 Å². The van der Waals surface area contributed by atoms with Crippen LogP contribution in [0.1, 0.15) is 16.7 Å². The Balaban J connectivity index is 2.21. The summed E-state index contributed by atoms with van der Waals surface area (Å²) in [6, 6.07) is 9.31. The predicted octanol–water partition coefficient (Wildman–Crippen LogP) is 4.59. The number of hydrogen-bond donors (Lipinski definition) is 1. The molecular weight excluding hydrogens is 237 g/mol. The van der Waals surface area contributed by atoms with Gasteiger partial charge in [-0.05, 0) is 54.3 Å². The predicted molar refractivity (Wildman–Crippen MR) is 77.8 cm³/mol. The minimum absolute atomic E-state index is 0.163. The van der Waals surface area contributed by atoms with E-state index < -0.39 is 0 Å². The number of hydrogen-bond acceptors (Lipinski definition) is 1. The van der Waals surface area contributed by atoms with Crippen LogP contribution in [-0.4, -0.2) is 0 Å². The zero-order valence-electron chi connectivity index (χ0n) is 11.2. The lowest BCUT2D eigenvalue weighted by molar-refractivity contribution is 0.630. The fraction of sp³-hybridized carbons (Fsp3) is 0.176. The van der Waals surface area contributed by atoms with E-state index in [2.05, 4.69) is 18.0 Å². The number of rotatable bonds is 1. The van der Waals surface area contributed by atoms with Crippen molar-refractivity contribution in [3.8, 4) is 11.1 Å². The van der Waals surface area contributed by atoms with E-state index in [0.717, 1.165) is 34.5 Å². The van der Waals surface area contributed by atoms with Crippen LogP contribution in [0.2, 0.25) is 0 Å². The maximum absolute atomic E-state index is 14.1. The number of nitrogens with one attached hydrogen (secondary N) is 1. The first-order chi connectivity index (χ1) is 9.06. The van der Waals surface area contributed by atoms with Gasteiger partial charge in [0.25, 0.3) is 0 Å². The minimum atomic E-state index is -0.163. The summed E-state index contributed by atoms with van der Waals surface area (Å²) in [5, 5.41) is 3.29. The van der Waals surface area contributed by atoms with Crippen LogP contribution in [0.25, 0.3) is 11.1 Å². The normalized spacial score (nSPS) is 13.3. The summed E-state index contributed by atoms with van der Waals surface area (Å²) in [7, 11) is 0. The molecule has 2 heteroatoms. The third kappa shape index (κ3) is 1.93. The Morgan fingerprint density at radius 2 is 1.95 bits per heavy atom. The van der Waals surface area contributed by atoms with E-state index in [1.165, 1.54) is 11.6 Å². The van der Waals surface area contributed by atoms with Crippen LogP contribution in [0.5, 0.6) is 0 Å². The summed E-state index contributed by atoms with van der Waals surface area (Å²) in [4.78, 5) is 0. The van der Waals surface area contributed by atoms with Gasteiger partial charge in [-0.3, -0.25) is 0 Å². The van der Waals surface area contributed by atoms with E-state index in [1.807, 2.05) is 26.0 Å². The summed E-state index contributed by atoms with van der Waals surface area (Å²) in [5.74, 6) is -0.163. The second-order valence-electron chi connectivity index (χ2n) is 5.16. The molecule has 0 spiro atoms. The number of anilines is 1. The molecule has 1 heterocycles. The second-order valence-corrected chi connectivity index (χ2v) is 5.16. The molecule has 0 bridgehead atoms. The smallest absolute Gasteiger partial charge is 0.131 e. The molecule has 0 amide bonds. The largest absolute Gasteiger partial charge is 0.359 e. The van der Waals surface area contributed by atoms with Crippen molar-refractivity contribution in [3.05, 3.63) is 65.1 Å². The fourth-order valence-electron chi connectivity index (χ4n) is 2.77. The maximum Gasteiger partial charge on any atom is 0.131 e. The lowest BCUT2D eigenvalue weighted by Gasteiger charge is -2.11. The van der Waals surface area contributed by atoms with Crippen LogP contribution in [0.4, 0.5) is 10.1 Å². The summed E-state index contributed by atoms with van der Waals surface area (Å²) < 4.78 is 14.1. The van der Waals surface area contributed by atoms with Crippen LogP contribution in [-0.2, 0) is 6.42 Å². The molecule has 1 N–H and O–H groups in total. The summed E-state index contributed by atoms with van der Waals surface area (Å²) in [5.41, 5.74) is 7.07. The first-order valence-electron chi connectivity index (χ1n) is 6.40. The molecule has 0 aromatic heterocycles. The van der Waals surface area contributed by atoms with Gasteiger partial charge in [-0.1, -0.05) is 18.7 Å². The molecule has 1 aliphatic heterocycles. The SMILES string of the molecule is C=C1Cc2cc(-c3c(C)cccc3F)cc(C)c2N1. The van der Waals surface area contributed by atoms with Crippen molar-refractivity contribution in [1.29, 1.82) is 0 Å². The molecule has 0 aliphatic carbocycles. The molecule has 0 saturated carbocycles. The number of allylic oxidation sites excluding steroid dienone is 1. The number of benzene rings is 2. The van der Waals surface area contributed by atoms with Crippen LogP contribution < -0.4 is 5.32 Å². The highest BCUT2D eigenvalue weighted by Crippen LogP contribution is 2.36. The summed E-state index contributed by atoms with van der Waals surface area (Å²) >= 11 is 0. The van der Waals surface area contributed by atoms with Crippen molar-refractivity contribution in [3.63, 3.8) is 0 Å². The Morgan fingerprint density at radius 1 is 1.16 bits per heavy atom. The Kier molecular flexibility index (Phi) is 2.67. The monoisotopic (exact) mass is 253 g/mol. The first kappa shape index (κ1) is 12.0. The molecule has 0 fully saturated rings. The zero-order chi connectivity index (χ0) is 13.6. The Labute approximate surface area is 112 Å². The molecule has 1 nitrogen and oxygen atoms in total. The van der Waals surface area contributed by atoms with E-state index in [-0.39, 0.29) is 5.82 Å². The van der Waals surface area contributed by atoms with Crippen LogP contribution in [0, 0.1) is 19.7 Å². The van der Waals surface area contributed by atoms with Crippen LogP contribution in [0.15, 0.2) is 42.6 Å². The third-order valence-corrected chi connectivity index (χ3v) is 3.63. The van der Waals surface area contributed by atoms with Gasteiger partial charge in [-0.2, -0.15) is 0 Å². The molecule has 96 valence electrons. The van der Waals surface area contributed by atoms with Crippen molar-refractivity contribution in [2.24, 2.45) is 0 Å². The number of halogens is 1. The molecule has 0 radical (unpaired) electrons. The average molecular weight is 253 g/mol. The number of aryl methyl sites for hydroxylation is 2. The van der Waals surface area contributed by atoms with Crippen LogP contribution in [0.3, 0.4) is 0 Å². The van der Waals surface area contributed by atoms with Gasteiger partial charge in [-0.25, -0.2) is 4.39 Å². The summed E-state index contributed by atoms with van der Waals surface area (Å²) in [6.45, 7) is 7.95. The Hall–Kier alpha value is -2.09. The van der Waals surface area contributed by atoms with E-state index in [0.29, 0.717) is 5.56 Å². The van der Waals surface area contributed by atoms with E-state index >= 15 is 0 Å². The topological polar surface area (TPSA) is 12.0 Å². The quantitative estimate of drug-likeness (QED) is 0.783. The van der Waals surface area contributed by atoms with Crippen molar-refractivity contribution in [2.75, 3.05) is 5.32 Å². The average Bonchev–Trinajstić information content (AvgIpc) is 2.70.